The highest BCUT2D eigenvalue weighted by molar-refractivity contribution is 7.80. The van der Waals surface area contributed by atoms with Crippen LogP contribution in [-0.2, 0) is 6.61 Å². The third-order valence-corrected chi connectivity index (χ3v) is 4.31. The van der Waals surface area contributed by atoms with E-state index in [0.717, 1.165) is 11.1 Å². The molecule has 0 saturated carbocycles. The Morgan fingerprint density at radius 2 is 1.96 bits per heavy atom. The van der Waals surface area contributed by atoms with Crippen molar-refractivity contribution in [3.8, 4) is 5.75 Å². The maximum atomic E-state index is 13.4. The molecule has 0 saturated heterocycles. The predicted octanol–water partition coefficient (Wildman–Crippen LogP) is 5.75. The molecule has 0 aliphatic carbocycles. The zero-order valence-electron chi connectivity index (χ0n) is 14.4. The van der Waals surface area contributed by atoms with Crippen LogP contribution in [0.5, 0.6) is 5.75 Å². The zero-order chi connectivity index (χ0) is 18.6. The lowest BCUT2D eigenvalue weighted by atomic mass is 10.1. The van der Waals surface area contributed by atoms with E-state index in [-0.39, 0.29) is 22.8 Å². The van der Waals surface area contributed by atoms with Crippen molar-refractivity contribution < 1.29 is 18.7 Å². The number of aryl methyl sites for hydroxylation is 2. The van der Waals surface area contributed by atoms with Gasteiger partial charge in [-0.25, -0.2) is 13.8 Å². The van der Waals surface area contributed by atoms with E-state index < -0.39 is 6.43 Å². The molecule has 0 atom stereocenters. The number of rotatable bonds is 6. The van der Waals surface area contributed by atoms with Gasteiger partial charge in [0.15, 0.2) is 0 Å². The lowest BCUT2D eigenvalue weighted by Gasteiger charge is -2.23. The van der Waals surface area contributed by atoms with Crippen molar-refractivity contribution >= 4 is 22.9 Å². The molecule has 2 aromatic rings. The van der Waals surface area contributed by atoms with Gasteiger partial charge >= 0.3 is 0 Å². The van der Waals surface area contributed by atoms with Crippen LogP contribution < -0.4 is 9.80 Å². The number of benzene rings is 2. The molecule has 0 fully saturated rings. The normalized spacial score (nSPS) is 10.8. The molecular formula is C19H21F2NO2S. The lowest BCUT2D eigenvalue weighted by Crippen LogP contribution is -2.27. The van der Waals surface area contributed by atoms with Crippen LogP contribution in [0.15, 0.2) is 36.4 Å². The van der Waals surface area contributed by atoms with Gasteiger partial charge in [-0.2, -0.15) is 0 Å². The molecule has 1 N–H and O–H groups in total. The highest BCUT2D eigenvalue weighted by Gasteiger charge is 2.22. The Bertz CT molecular complexity index is 765. The number of alkyl halides is 2. The smallest absolute Gasteiger partial charge is 0.265 e. The van der Waals surface area contributed by atoms with Crippen LogP contribution in [0, 0.1) is 13.8 Å². The molecule has 25 heavy (non-hydrogen) atoms. The first-order valence-corrected chi connectivity index (χ1v) is 8.37. The molecule has 0 bridgehead atoms. The quantitative estimate of drug-likeness (QED) is 0.522. The summed E-state index contributed by atoms with van der Waals surface area (Å²) in [5.41, 5.74) is 2.22. The molecule has 134 valence electrons. The topological polar surface area (TPSA) is 32.7 Å². The van der Waals surface area contributed by atoms with Gasteiger partial charge in [0.05, 0.1) is 5.69 Å². The monoisotopic (exact) mass is 365 g/mol. The minimum absolute atomic E-state index is 0.00545. The Morgan fingerprint density at radius 3 is 2.56 bits per heavy atom. The molecule has 0 aliphatic rings. The summed E-state index contributed by atoms with van der Waals surface area (Å²) >= 11 is 5.07. The highest BCUT2D eigenvalue weighted by Crippen LogP contribution is 2.34. The van der Waals surface area contributed by atoms with E-state index in [0.29, 0.717) is 22.8 Å². The van der Waals surface area contributed by atoms with Crippen molar-refractivity contribution in [3.05, 3.63) is 58.7 Å². The number of hydroxylamine groups is 1. The number of para-hydroxylation sites is 1. The predicted molar refractivity (Wildman–Crippen MR) is 98.8 cm³/mol. The maximum absolute atomic E-state index is 13.4. The maximum Gasteiger partial charge on any atom is 0.265 e. The van der Waals surface area contributed by atoms with Gasteiger partial charge in [0.2, 0.25) is 0 Å². The van der Waals surface area contributed by atoms with E-state index >= 15 is 0 Å². The summed E-state index contributed by atoms with van der Waals surface area (Å²) in [6, 6.07) is 10.2. The summed E-state index contributed by atoms with van der Waals surface area (Å²) in [6.45, 7) is 5.70. The fourth-order valence-electron chi connectivity index (χ4n) is 2.55. The van der Waals surface area contributed by atoms with E-state index in [1.54, 1.807) is 13.0 Å². The largest absolute Gasteiger partial charge is 0.489 e. The third kappa shape index (κ3) is 4.52. The second-order valence-corrected chi connectivity index (χ2v) is 6.24. The molecule has 0 aliphatic heterocycles. The second kappa shape index (κ2) is 8.36. The number of halogens is 2. The van der Waals surface area contributed by atoms with Crippen LogP contribution in [0.25, 0.3) is 0 Å². The fraction of sp³-hybridized carbons (Fsp3) is 0.316. The third-order valence-electron chi connectivity index (χ3n) is 3.85. The van der Waals surface area contributed by atoms with Crippen molar-refractivity contribution in [1.82, 2.24) is 0 Å². The van der Waals surface area contributed by atoms with Gasteiger partial charge < -0.3 is 4.74 Å². The molecule has 0 aromatic heterocycles. The van der Waals surface area contributed by atoms with Gasteiger partial charge in [-0.1, -0.05) is 55.0 Å². The minimum atomic E-state index is -2.73. The molecule has 2 aromatic carbocycles. The zero-order valence-corrected chi connectivity index (χ0v) is 15.2. The van der Waals surface area contributed by atoms with Gasteiger partial charge in [0.1, 0.15) is 17.3 Å². The van der Waals surface area contributed by atoms with Gasteiger partial charge in [-0.15, -0.1) is 0 Å². The highest BCUT2D eigenvalue weighted by atomic mass is 32.1. The lowest BCUT2D eigenvalue weighted by molar-refractivity contribution is 0.150. The Hall–Kier alpha value is -2.05. The Morgan fingerprint density at radius 1 is 1.24 bits per heavy atom. The summed E-state index contributed by atoms with van der Waals surface area (Å²) in [5, 5.41) is 11.0. The number of hydrogen-bond donors (Lipinski definition) is 1. The first kappa shape index (κ1) is 19.3. The van der Waals surface area contributed by atoms with Crippen LogP contribution >= 0.6 is 12.2 Å². The van der Waals surface area contributed by atoms with E-state index in [1.807, 2.05) is 32.0 Å². The summed E-state index contributed by atoms with van der Waals surface area (Å²) in [4.78, 5) is 0.167. The minimum Gasteiger partial charge on any atom is -0.489 e. The van der Waals surface area contributed by atoms with Crippen LogP contribution in [0.1, 0.15) is 42.0 Å². The molecule has 0 heterocycles. The summed E-state index contributed by atoms with van der Waals surface area (Å²) in [6.07, 6.45) is -2.37. The molecule has 3 nitrogen and oxygen atoms in total. The molecule has 0 spiro atoms. The molecule has 2 rings (SSSR count). The Labute approximate surface area is 151 Å². The van der Waals surface area contributed by atoms with Gasteiger partial charge in [0.25, 0.3) is 6.43 Å². The molecule has 0 unspecified atom stereocenters. The van der Waals surface area contributed by atoms with Crippen molar-refractivity contribution in [2.75, 3.05) is 5.06 Å². The summed E-state index contributed by atoms with van der Waals surface area (Å²) < 4.78 is 32.6. The van der Waals surface area contributed by atoms with Gasteiger partial charge in [-0.3, -0.25) is 5.21 Å². The van der Waals surface area contributed by atoms with E-state index in [1.165, 1.54) is 12.1 Å². The average Bonchev–Trinajstić information content (AvgIpc) is 2.59. The Balaban J connectivity index is 2.36. The standard InChI is InChI=1S/C19H21F2NO2S/c1-4-17(25)22(23)18-14(6-5-7-15(18)19(20)21)11-24-16-9-8-12(2)10-13(16)3/h5-10,19,23H,4,11H2,1-3H3. The molecule has 6 heteroatoms. The number of ether oxygens (including phenoxy) is 1. The van der Waals surface area contributed by atoms with Crippen molar-refractivity contribution in [3.63, 3.8) is 0 Å². The van der Waals surface area contributed by atoms with Crippen LogP contribution in [0.4, 0.5) is 14.5 Å². The average molecular weight is 365 g/mol. The summed E-state index contributed by atoms with van der Waals surface area (Å²) in [7, 11) is 0. The van der Waals surface area contributed by atoms with Crippen LogP contribution in [-0.4, -0.2) is 10.2 Å². The first-order chi connectivity index (χ1) is 11.8. The van der Waals surface area contributed by atoms with Crippen molar-refractivity contribution in [1.29, 1.82) is 0 Å². The van der Waals surface area contributed by atoms with Crippen LogP contribution in [0.2, 0.25) is 0 Å². The second-order valence-electron chi connectivity index (χ2n) is 5.77. The van der Waals surface area contributed by atoms with Crippen LogP contribution in [0.3, 0.4) is 0 Å². The number of thiocarbonyl (C=S) groups is 1. The fourth-order valence-corrected chi connectivity index (χ4v) is 2.64. The van der Waals surface area contributed by atoms with E-state index in [4.69, 9.17) is 17.0 Å². The first-order valence-electron chi connectivity index (χ1n) is 7.97. The van der Waals surface area contributed by atoms with Gasteiger partial charge in [-0.05, 0) is 31.9 Å². The van der Waals surface area contributed by atoms with E-state index in [9.17, 15) is 14.0 Å². The SMILES string of the molecule is CCC(=S)N(O)c1c(COc2ccc(C)cc2C)cccc1C(F)F. The molecule has 0 amide bonds. The van der Waals surface area contributed by atoms with Crippen molar-refractivity contribution in [2.24, 2.45) is 0 Å². The van der Waals surface area contributed by atoms with E-state index in [2.05, 4.69) is 0 Å². The summed E-state index contributed by atoms with van der Waals surface area (Å²) in [5.74, 6) is 0.668. The number of anilines is 1. The number of nitrogens with zero attached hydrogens (tertiary/aromatic N) is 1. The Kier molecular flexibility index (Phi) is 6.45. The van der Waals surface area contributed by atoms with Gasteiger partial charge in [0, 0.05) is 11.1 Å². The number of hydrogen-bond acceptors (Lipinski definition) is 3. The van der Waals surface area contributed by atoms with Crippen molar-refractivity contribution in [2.45, 2.75) is 40.2 Å². The molecule has 0 radical (unpaired) electrons. The molecular weight excluding hydrogens is 344 g/mol.